The first-order valence-electron chi connectivity index (χ1n) is 8.46. The van der Waals surface area contributed by atoms with Crippen molar-refractivity contribution in [2.75, 3.05) is 6.54 Å². The van der Waals surface area contributed by atoms with Crippen molar-refractivity contribution in [2.24, 2.45) is 5.92 Å². The molecule has 1 aliphatic rings. The summed E-state index contributed by atoms with van der Waals surface area (Å²) in [7, 11) is 0. The second-order valence-corrected chi connectivity index (χ2v) is 6.39. The number of imidazole rings is 1. The van der Waals surface area contributed by atoms with Crippen molar-refractivity contribution < 1.29 is 18.0 Å². The van der Waals surface area contributed by atoms with Crippen molar-refractivity contribution >= 4 is 5.91 Å². The van der Waals surface area contributed by atoms with Crippen LogP contribution in [0.5, 0.6) is 0 Å². The fraction of sp³-hybridized carbons (Fsp3) is 0.444. The van der Waals surface area contributed by atoms with E-state index in [1.807, 2.05) is 0 Å². The van der Waals surface area contributed by atoms with Crippen LogP contribution >= 0.6 is 0 Å². The first-order chi connectivity index (χ1) is 11.9. The molecule has 0 spiro atoms. The molecular weight excluding hydrogens is 331 g/mol. The minimum Gasteiger partial charge on any atom is -0.350 e. The van der Waals surface area contributed by atoms with Gasteiger partial charge in [-0.1, -0.05) is 49.6 Å². The molecule has 1 amide bonds. The van der Waals surface area contributed by atoms with Crippen LogP contribution in [0.15, 0.2) is 30.3 Å². The van der Waals surface area contributed by atoms with Gasteiger partial charge in [0.05, 0.1) is 0 Å². The molecule has 3 rings (SSSR count). The number of nitrogens with zero attached hydrogens (tertiary/aromatic N) is 1. The summed E-state index contributed by atoms with van der Waals surface area (Å²) in [6.45, 7) is 0.480. The highest BCUT2D eigenvalue weighted by Gasteiger charge is 2.37. The van der Waals surface area contributed by atoms with Gasteiger partial charge in [0.1, 0.15) is 11.4 Å². The Morgan fingerprint density at radius 3 is 2.48 bits per heavy atom. The fourth-order valence-corrected chi connectivity index (χ4v) is 3.19. The summed E-state index contributed by atoms with van der Waals surface area (Å²) in [6, 6.07) is 8.41. The van der Waals surface area contributed by atoms with Crippen molar-refractivity contribution in [3.05, 3.63) is 41.9 Å². The Labute approximate surface area is 143 Å². The molecule has 2 aromatic rings. The largest absolute Gasteiger partial charge is 0.449 e. The maximum absolute atomic E-state index is 13.0. The molecule has 25 heavy (non-hydrogen) atoms. The van der Waals surface area contributed by atoms with Crippen LogP contribution in [0.4, 0.5) is 13.2 Å². The molecule has 0 atom stereocenters. The van der Waals surface area contributed by atoms with Crippen molar-refractivity contribution in [1.82, 2.24) is 15.3 Å². The Kier molecular flexibility index (Phi) is 5.11. The Bertz CT molecular complexity index is 719. The first kappa shape index (κ1) is 17.5. The number of alkyl halides is 3. The number of benzene rings is 1. The maximum atomic E-state index is 13.0. The van der Waals surface area contributed by atoms with Crippen LogP contribution in [0, 0.1) is 5.92 Å². The molecule has 2 N–H and O–H groups in total. The zero-order valence-corrected chi connectivity index (χ0v) is 13.7. The number of halogens is 3. The van der Waals surface area contributed by atoms with E-state index in [1.54, 1.807) is 30.3 Å². The van der Waals surface area contributed by atoms with E-state index in [0.29, 0.717) is 18.0 Å². The van der Waals surface area contributed by atoms with Gasteiger partial charge in [-0.3, -0.25) is 4.79 Å². The van der Waals surface area contributed by atoms with Gasteiger partial charge in [0, 0.05) is 12.1 Å². The van der Waals surface area contributed by atoms with E-state index in [9.17, 15) is 18.0 Å². The molecule has 0 radical (unpaired) electrons. The molecule has 1 fully saturated rings. The molecule has 0 aliphatic heterocycles. The normalized spacial score (nSPS) is 16.0. The number of carbonyl (C=O) groups is 1. The highest BCUT2D eigenvalue weighted by molar-refractivity contribution is 5.98. The quantitative estimate of drug-likeness (QED) is 0.857. The van der Waals surface area contributed by atoms with E-state index >= 15 is 0 Å². The number of rotatable bonds is 4. The topological polar surface area (TPSA) is 57.8 Å². The molecular formula is C18H20F3N3O. The molecule has 0 saturated heterocycles. The smallest absolute Gasteiger partial charge is 0.350 e. The summed E-state index contributed by atoms with van der Waals surface area (Å²) in [6.07, 6.45) is 0.935. The number of aromatic nitrogens is 2. The molecule has 1 aromatic heterocycles. The van der Waals surface area contributed by atoms with Crippen LogP contribution in [-0.2, 0) is 6.18 Å². The zero-order chi connectivity index (χ0) is 17.9. The molecule has 4 nitrogen and oxygen atoms in total. The SMILES string of the molecule is O=C(NCC1CCCCC1)c1[nH]c(C(F)(F)F)nc1-c1ccccc1. The van der Waals surface area contributed by atoms with Crippen LogP contribution in [0.3, 0.4) is 0 Å². The highest BCUT2D eigenvalue weighted by Crippen LogP contribution is 2.31. The fourth-order valence-electron chi connectivity index (χ4n) is 3.19. The molecule has 0 bridgehead atoms. The van der Waals surface area contributed by atoms with Crippen LogP contribution in [-0.4, -0.2) is 22.4 Å². The van der Waals surface area contributed by atoms with Gasteiger partial charge in [-0.2, -0.15) is 13.2 Å². The number of nitrogens with one attached hydrogen (secondary N) is 2. The summed E-state index contributed by atoms with van der Waals surface area (Å²) < 4.78 is 39.0. The molecule has 1 heterocycles. The van der Waals surface area contributed by atoms with Crippen LogP contribution < -0.4 is 5.32 Å². The number of amides is 1. The van der Waals surface area contributed by atoms with E-state index in [0.717, 1.165) is 25.7 Å². The van der Waals surface area contributed by atoms with Crippen molar-refractivity contribution in [2.45, 2.75) is 38.3 Å². The standard InChI is InChI=1S/C18H20F3N3O/c19-18(20,21)17-23-14(13-9-5-2-6-10-13)15(24-17)16(25)22-11-12-7-3-1-4-8-12/h2,5-6,9-10,12H,1,3-4,7-8,11H2,(H,22,25)(H,23,24). The Hall–Kier alpha value is -2.31. The Morgan fingerprint density at radius 1 is 1.16 bits per heavy atom. The molecule has 7 heteroatoms. The van der Waals surface area contributed by atoms with E-state index in [2.05, 4.69) is 15.3 Å². The van der Waals surface area contributed by atoms with Crippen molar-refractivity contribution in [3.8, 4) is 11.3 Å². The summed E-state index contributed by atoms with van der Waals surface area (Å²) in [5, 5.41) is 2.77. The highest BCUT2D eigenvalue weighted by atomic mass is 19.4. The van der Waals surface area contributed by atoms with Gasteiger partial charge in [0.25, 0.3) is 5.91 Å². The predicted octanol–water partition coefficient (Wildman–Crippen LogP) is 4.41. The minimum absolute atomic E-state index is 0.0223. The zero-order valence-electron chi connectivity index (χ0n) is 13.7. The van der Waals surface area contributed by atoms with Crippen LogP contribution in [0.25, 0.3) is 11.3 Å². The van der Waals surface area contributed by atoms with Crippen LogP contribution in [0.1, 0.15) is 48.4 Å². The lowest BCUT2D eigenvalue weighted by Crippen LogP contribution is -2.30. The van der Waals surface area contributed by atoms with E-state index in [4.69, 9.17) is 0 Å². The second kappa shape index (κ2) is 7.29. The summed E-state index contributed by atoms with van der Waals surface area (Å²) in [5.74, 6) is -1.32. The molecule has 1 aromatic carbocycles. The second-order valence-electron chi connectivity index (χ2n) is 6.39. The van der Waals surface area contributed by atoms with E-state index < -0.39 is 17.9 Å². The third kappa shape index (κ3) is 4.21. The van der Waals surface area contributed by atoms with Gasteiger partial charge in [0.2, 0.25) is 5.82 Å². The third-order valence-corrected chi connectivity index (χ3v) is 4.52. The van der Waals surface area contributed by atoms with Gasteiger partial charge in [-0.25, -0.2) is 4.98 Å². The predicted molar refractivity (Wildman–Crippen MR) is 87.9 cm³/mol. The Morgan fingerprint density at radius 2 is 1.84 bits per heavy atom. The van der Waals surface area contributed by atoms with Gasteiger partial charge < -0.3 is 10.3 Å². The number of hydrogen-bond acceptors (Lipinski definition) is 2. The lowest BCUT2D eigenvalue weighted by atomic mass is 9.89. The summed E-state index contributed by atoms with van der Waals surface area (Å²) in [5.41, 5.74) is 0.348. The maximum Gasteiger partial charge on any atom is 0.449 e. The Balaban J connectivity index is 1.83. The van der Waals surface area contributed by atoms with Gasteiger partial charge >= 0.3 is 6.18 Å². The molecule has 134 valence electrons. The van der Waals surface area contributed by atoms with Gasteiger partial charge in [0.15, 0.2) is 0 Å². The minimum atomic E-state index is -4.63. The third-order valence-electron chi connectivity index (χ3n) is 4.52. The van der Waals surface area contributed by atoms with Crippen LogP contribution in [0.2, 0.25) is 0 Å². The van der Waals surface area contributed by atoms with E-state index in [-0.39, 0.29) is 11.4 Å². The number of H-pyrrole nitrogens is 1. The average Bonchev–Trinajstić information content (AvgIpc) is 3.07. The monoisotopic (exact) mass is 351 g/mol. The number of hydrogen-bond donors (Lipinski definition) is 2. The molecule has 0 unspecified atom stereocenters. The van der Waals surface area contributed by atoms with Gasteiger partial charge in [-0.05, 0) is 18.8 Å². The first-order valence-corrected chi connectivity index (χ1v) is 8.46. The van der Waals surface area contributed by atoms with Crippen molar-refractivity contribution in [1.29, 1.82) is 0 Å². The lowest BCUT2D eigenvalue weighted by molar-refractivity contribution is -0.144. The summed E-state index contributed by atoms with van der Waals surface area (Å²) in [4.78, 5) is 18.3. The number of aromatic amines is 1. The number of carbonyl (C=O) groups excluding carboxylic acids is 1. The molecule has 1 saturated carbocycles. The lowest BCUT2D eigenvalue weighted by Gasteiger charge is -2.21. The summed E-state index contributed by atoms with van der Waals surface area (Å²) >= 11 is 0. The van der Waals surface area contributed by atoms with E-state index in [1.165, 1.54) is 6.42 Å². The molecule has 1 aliphatic carbocycles. The van der Waals surface area contributed by atoms with Gasteiger partial charge in [-0.15, -0.1) is 0 Å². The average molecular weight is 351 g/mol. The van der Waals surface area contributed by atoms with Crippen molar-refractivity contribution in [3.63, 3.8) is 0 Å².